The minimum absolute atomic E-state index is 0.00426. The van der Waals surface area contributed by atoms with Crippen LogP contribution in [0.25, 0.3) is 0 Å². The number of carbonyl (C=O) groups excluding carboxylic acids is 1. The van der Waals surface area contributed by atoms with Gasteiger partial charge >= 0.3 is 5.97 Å². The number of hydrogen-bond acceptors (Lipinski definition) is 3. The van der Waals surface area contributed by atoms with Crippen LogP contribution in [0.3, 0.4) is 0 Å². The van der Waals surface area contributed by atoms with E-state index in [0.29, 0.717) is 5.56 Å². The van der Waals surface area contributed by atoms with Gasteiger partial charge in [0.05, 0.1) is 5.56 Å². The number of hydrogen-bond donors (Lipinski definition) is 0. The Balaban J connectivity index is 2.16. The molecule has 1 aliphatic heterocycles. The van der Waals surface area contributed by atoms with E-state index in [1.165, 1.54) is 30.4 Å². The van der Waals surface area contributed by atoms with Gasteiger partial charge in [0, 0.05) is 6.54 Å². The molecule has 1 aliphatic rings. The standard InChI is InChI=1S/C23H37NO2/c1-17(16-24-11-9-8-10-12-24)26-21(25)18-13-19(22(2,3)4)15-20(14-18)23(5,6)7/h13-15,17H,8-12,16H2,1-7H3/t17-/m0/s1. The Morgan fingerprint density at radius 2 is 1.46 bits per heavy atom. The van der Waals surface area contributed by atoms with Gasteiger partial charge in [-0.25, -0.2) is 4.79 Å². The highest BCUT2D eigenvalue weighted by molar-refractivity contribution is 5.90. The maximum atomic E-state index is 12.8. The first-order valence-corrected chi connectivity index (χ1v) is 10.1. The molecule has 2 rings (SSSR count). The Morgan fingerprint density at radius 3 is 1.92 bits per heavy atom. The van der Waals surface area contributed by atoms with Crippen molar-refractivity contribution in [3.63, 3.8) is 0 Å². The lowest BCUT2D eigenvalue weighted by atomic mass is 9.79. The van der Waals surface area contributed by atoms with Gasteiger partial charge < -0.3 is 4.74 Å². The van der Waals surface area contributed by atoms with Crippen molar-refractivity contribution in [1.29, 1.82) is 0 Å². The Bertz CT molecular complexity index is 584. The van der Waals surface area contributed by atoms with Gasteiger partial charge in [-0.1, -0.05) is 54.0 Å². The van der Waals surface area contributed by atoms with Crippen LogP contribution < -0.4 is 0 Å². The van der Waals surface area contributed by atoms with E-state index in [2.05, 4.69) is 52.5 Å². The topological polar surface area (TPSA) is 29.5 Å². The van der Waals surface area contributed by atoms with E-state index in [9.17, 15) is 4.79 Å². The molecule has 0 saturated carbocycles. The summed E-state index contributed by atoms with van der Waals surface area (Å²) < 4.78 is 5.79. The van der Waals surface area contributed by atoms with Gasteiger partial charge in [-0.2, -0.15) is 0 Å². The zero-order valence-electron chi connectivity index (χ0n) is 17.8. The van der Waals surface area contributed by atoms with Gasteiger partial charge in [0.25, 0.3) is 0 Å². The van der Waals surface area contributed by atoms with Crippen molar-refractivity contribution in [2.45, 2.75) is 84.7 Å². The van der Waals surface area contributed by atoms with E-state index in [0.717, 1.165) is 19.6 Å². The van der Waals surface area contributed by atoms with Crippen molar-refractivity contribution in [3.8, 4) is 0 Å². The SMILES string of the molecule is C[C@@H](CN1CCCCC1)OC(=O)c1cc(C(C)(C)C)cc(C(C)(C)C)c1. The summed E-state index contributed by atoms with van der Waals surface area (Å²) >= 11 is 0. The number of nitrogens with zero attached hydrogens (tertiary/aromatic N) is 1. The number of esters is 1. The first-order valence-electron chi connectivity index (χ1n) is 10.1. The highest BCUT2D eigenvalue weighted by Crippen LogP contribution is 2.30. The molecular weight excluding hydrogens is 322 g/mol. The Labute approximate surface area is 160 Å². The maximum Gasteiger partial charge on any atom is 0.338 e. The average molecular weight is 360 g/mol. The third kappa shape index (κ3) is 5.84. The van der Waals surface area contributed by atoms with Crippen LogP contribution >= 0.6 is 0 Å². The second-order valence-electron chi connectivity index (χ2n) is 9.88. The highest BCUT2D eigenvalue weighted by atomic mass is 16.5. The molecule has 3 nitrogen and oxygen atoms in total. The summed E-state index contributed by atoms with van der Waals surface area (Å²) in [5, 5.41) is 0. The molecule has 1 atom stereocenters. The average Bonchev–Trinajstić information content (AvgIpc) is 2.53. The summed E-state index contributed by atoms with van der Waals surface area (Å²) in [6.45, 7) is 18.2. The fourth-order valence-electron chi connectivity index (χ4n) is 3.41. The molecule has 0 aromatic heterocycles. The largest absolute Gasteiger partial charge is 0.458 e. The van der Waals surface area contributed by atoms with Crippen LogP contribution in [-0.2, 0) is 15.6 Å². The van der Waals surface area contributed by atoms with Crippen molar-refractivity contribution >= 4 is 5.97 Å². The highest BCUT2D eigenvalue weighted by Gasteiger charge is 2.24. The number of benzene rings is 1. The first kappa shape index (κ1) is 21.0. The minimum Gasteiger partial charge on any atom is -0.458 e. The molecule has 1 fully saturated rings. The number of ether oxygens (including phenoxy) is 1. The third-order valence-electron chi connectivity index (χ3n) is 5.17. The molecule has 0 amide bonds. The Kier molecular flexibility index (Phi) is 6.55. The van der Waals surface area contributed by atoms with Gasteiger partial charge in [0.2, 0.25) is 0 Å². The zero-order valence-corrected chi connectivity index (χ0v) is 17.8. The van der Waals surface area contributed by atoms with E-state index in [1.807, 2.05) is 19.1 Å². The molecule has 1 heterocycles. The lowest BCUT2D eigenvalue weighted by molar-refractivity contribution is 0.0235. The van der Waals surface area contributed by atoms with Gasteiger partial charge in [-0.15, -0.1) is 0 Å². The summed E-state index contributed by atoms with van der Waals surface area (Å²) in [7, 11) is 0. The molecule has 26 heavy (non-hydrogen) atoms. The number of piperidine rings is 1. The predicted octanol–water partition coefficient (Wildman–Crippen LogP) is 5.31. The Morgan fingerprint density at radius 1 is 0.962 bits per heavy atom. The maximum absolute atomic E-state index is 12.8. The van der Waals surface area contributed by atoms with Crippen LogP contribution in [0, 0.1) is 0 Å². The molecule has 0 unspecified atom stereocenters. The quantitative estimate of drug-likeness (QED) is 0.682. The van der Waals surface area contributed by atoms with E-state index in [1.54, 1.807) is 0 Å². The Hall–Kier alpha value is -1.35. The summed E-state index contributed by atoms with van der Waals surface area (Å²) in [6.07, 6.45) is 3.74. The molecule has 0 aliphatic carbocycles. The summed E-state index contributed by atoms with van der Waals surface area (Å²) in [5.74, 6) is -0.203. The van der Waals surface area contributed by atoms with Gasteiger partial charge in [0.1, 0.15) is 6.10 Å². The van der Waals surface area contributed by atoms with Crippen LogP contribution in [0.2, 0.25) is 0 Å². The van der Waals surface area contributed by atoms with Crippen molar-refractivity contribution < 1.29 is 9.53 Å². The van der Waals surface area contributed by atoms with Crippen molar-refractivity contribution in [3.05, 3.63) is 34.9 Å². The van der Waals surface area contributed by atoms with Crippen LogP contribution in [-0.4, -0.2) is 36.6 Å². The van der Waals surface area contributed by atoms with E-state index in [4.69, 9.17) is 4.74 Å². The fourth-order valence-corrected chi connectivity index (χ4v) is 3.41. The minimum atomic E-state index is -0.203. The van der Waals surface area contributed by atoms with Crippen LogP contribution in [0.1, 0.15) is 89.2 Å². The molecule has 1 saturated heterocycles. The zero-order chi connectivity index (χ0) is 19.5. The summed E-state index contributed by atoms with van der Waals surface area (Å²) in [6, 6.07) is 6.24. The van der Waals surface area contributed by atoms with Crippen molar-refractivity contribution in [1.82, 2.24) is 4.90 Å². The number of rotatable bonds is 4. The molecule has 1 aromatic rings. The molecule has 0 radical (unpaired) electrons. The normalized spacial score (nSPS) is 17.8. The fraction of sp³-hybridized carbons (Fsp3) is 0.696. The number of carbonyl (C=O) groups is 1. The van der Waals surface area contributed by atoms with Crippen molar-refractivity contribution in [2.24, 2.45) is 0 Å². The lowest BCUT2D eigenvalue weighted by Crippen LogP contribution is -2.37. The molecule has 3 heteroatoms. The van der Waals surface area contributed by atoms with E-state index < -0.39 is 0 Å². The lowest BCUT2D eigenvalue weighted by Gasteiger charge is -2.29. The third-order valence-corrected chi connectivity index (χ3v) is 5.17. The van der Waals surface area contributed by atoms with Gasteiger partial charge in [-0.05, 0) is 66.9 Å². The van der Waals surface area contributed by atoms with Crippen molar-refractivity contribution in [2.75, 3.05) is 19.6 Å². The molecule has 0 N–H and O–H groups in total. The smallest absolute Gasteiger partial charge is 0.338 e. The van der Waals surface area contributed by atoms with Gasteiger partial charge in [-0.3, -0.25) is 4.90 Å². The summed E-state index contributed by atoms with van der Waals surface area (Å²) in [4.78, 5) is 15.2. The molecule has 0 spiro atoms. The van der Waals surface area contributed by atoms with Crippen LogP contribution in [0.4, 0.5) is 0 Å². The molecule has 1 aromatic carbocycles. The monoisotopic (exact) mass is 359 g/mol. The van der Waals surface area contributed by atoms with E-state index >= 15 is 0 Å². The van der Waals surface area contributed by atoms with Crippen LogP contribution in [0.15, 0.2) is 18.2 Å². The molecular formula is C23H37NO2. The van der Waals surface area contributed by atoms with Crippen LogP contribution in [0.5, 0.6) is 0 Å². The number of likely N-dealkylation sites (tertiary alicyclic amines) is 1. The first-order chi connectivity index (χ1) is 12.0. The predicted molar refractivity (Wildman–Crippen MR) is 109 cm³/mol. The summed E-state index contributed by atoms with van der Waals surface area (Å²) in [5.41, 5.74) is 3.03. The van der Waals surface area contributed by atoms with Gasteiger partial charge in [0.15, 0.2) is 0 Å². The second kappa shape index (κ2) is 8.12. The molecule has 0 bridgehead atoms. The molecule has 146 valence electrons. The van der Waals surface area contributed by atoms with E-state index in [-0.39, 0.29) is 22.9 Å². The second-order valence-corrected chi connectivity index (χ2v) is 9.88.